The van der Waals surface area contributed by atoms with Crippen LogP contribution >= 0.6 is 0 Å². The van der Waals surface area contributed by atoms with E-state index in [1.807, 2.05) is 26.0 Å². The van der Waals surface area contributed by atoms with Crippen molar-refractivity contribution in [2.24, 2.45) is 0 Å². The van der Waals surface area contributed by atoms with Gasteiger partial charge in [0.2, 0.25) is 5.91 Å². The van der Waals surface area contributed by atoms with E-state index >= 15 is 0 Å². The zero-order valence-corrected chi connectivity index (χ0v) is 10.0. The third-order valence-corrected chi connectivity index (χ3v) is 2.58. The first-order chi connectivity index (χ1) is 7.67. The third-order valence-electron chi connectivity index (χ3n) is 2.58. The van der Waals surface area contributed by atoms with Crippen LogP contribution in [0, 0.1) is 5.41 Å². The van der Waals surface area contributed by atoms with Crippen molar-refractivity contribution in [2.45, 2.75) is 45.6 Å². The van der Waals surface area contributed by atoms with Gasteiger partial charge < -0.3 is 10.7 Å². The van der Waals surface area contributed by atoms with Crippen LogP contribution in [0.3, 0.4) is 0 Å². The lowest BCUT2D eigenvalue weighted by Gasteiger charge is -2.04. The summed E-state index contributed by atoms with van der Waals surface area (Å²) >= 11 is 0. The van der Waals surface area contributed by atoms with Gasteiger partial charge in [0.1, 0.15) is 0 Å². The van der Waals surface area contributed by atoms with Crippen molar-refractivity contribution in [2.75, 3.05) is 0 Å². The first-order valence-corrected chi connectivity index (χ1v) is 5.83. The zero-order chi connectivity index (χ0) is 12.0. The molecule has 0 radical (unpaired) electrons. The second-order valence-corrected chi connectivity index (χ2v) is 4.21. The van der Waals surface area contributed by atoms with E-state index < -0.39 is 0 Å². The smallest absolute Gasteiger partial charge is 0.247 e. The molecule has 1 fully saturated rings. The van der Waals surface area contributed by atoms with Crippen LogP contribution < -0.4 is 5.32 Å². The molecule has 16 heavy (non-hydrogen) atoms. The highest BCUT2D eigenvalue weighted by Gasteiger charge is 2.23. The van der Waals surface area contributed by atoms with E-state index in [2.05, 4.69) is 5.32 Å². The molecule has 3 nitrogen and oxygen atoms in total. The van der Waals surface area contributed by atoms with Crippen molar-refractivity contribution in [3.05, 3.63) is 23.3 Å². The Balaban J connectivity index is 2.56. The molecule has 0 aliphatic heterocycles. The van der Waals surface area contributed by atoms with E-state index in [0.29, 0.717) is 12.5 Å². The molecule has 1 aliphatic carbocycles. The minimum absolute atomic E-state index is 0.0592. The minimum atomic E-state index is 0.0592. The summed E-state index contributed by atoms with van der Waals surface area (Å²) in [6.07, 6.45) is 8.80. The highest BCUT2D eigenvalue weighted by Crippen LogP contribution is 2.19. The van der Waals surface area contributed by atoms with Crippen LogP contribution in [0.2, 0.25) is 0 Å². The molecule has 0 bridgehead atoms. The number of hydrogen-bond donors (Lipinski definition) is 2. The Hall–Kier alpha value is -1.38. The number of carbonyl (C=O) groups is 1. The van der Waals surface area contributed by atoms with E-state index in [9.17, 15) is 4.79 Å². The van der Waals surface area contributed by atoms with E-state index in [0.717, 1.165) is 30.4 Å². The van der Waals surface area contributed by atoms with Gasteiger partial charge in [-0.2, -0.15) is 0 Å². The minimum Gasteiger partial charge on any atom is -0.350 e. The van der Waals surface area contributed by atoms with Crippen LogP contribution in [0.25, 0.3) is 0 Å². The maximum absolute atomic E-state index is 11.7. The monoisotopic (exact) mass is 220 g/mol. The maximum atomic E-state index is 11.7. The second kappa shape index (κ2) is 6.26. The van der Waals surface area contributed by atoms with Gasteiger partial charge in [0.25, 0.3) is 0 Å². The molecule has 0 spiro atoms. The predicted octanol–water partition coefficient (Wildman–Crippen LogP) is 2.59. The van der Waals surface area contributed by atoms with Crippen molar-refractivity contribution >= 4 is 12.1 Å². The van der Waals surface area contributed by atoms with Gasteiger partial charge in [-0.1, -0.05) is 24.6 Å². The second-order valence-electron chi connectivity index (χ2n) is 4.21. The predicted molar refractivity (Wildman–Crippen MR) is 66.7 cm³/mol. The van der Waals surface area contributed by atoms with Gasteiger partial charge in [0.05, 0.1) is 0 Å². The lowest BCUT2D eigenvalue weighted by molar-refractivity contribution is -0.117. The van der Waals surface area contributed by atoms with Crippen molar-refractivity contribution in [1.82, 2.24) is 5.32 Å². The van der Waals surface area contributed by atoms with Gasteiger partial charge in [-0.3, -0.25) is 4.79 Å². The van der Waals surface area contributed by atoms with E-state index in [1.54, 1.807) is 0 Å². The van der Waals surface area contributed by atoms with Gasteiger partial charge in [0, 0.05) is 18.0 Å². The molecule has 0 aromatic heterocycles. The maximum Gasteiger partial charge on any atom is 0.247 e. The molecule has 0 saturated heterocycles. The Morgan fingerprint density at radius 2 is 2.12 bits per heavy atom. The molecule has 1 aliphatic rings. The first-order valence-electron chi connectivity index (χ1n) is 5.83. The summed E-state index contributed by atoms with van der Waals surface area (Å²) in [5, 5.41) is 9.96. The van der Waals surface area contributed by atoms with E-state index in [-0.39, 0.29) is 5.91 Å². The summed E-state index contributed by atoms with van der Waals surface area (Å²) in [4.78, 5) is 11.7. The number of carbonyl (C=O) groups excluding carboxylic acids is 1. The molecular formula is C13H20N2O. The van der Waals surface area contributed by atoms with Crippen LogP contribution in [-0.4, -0.2) is 18.2 Å². The number of hydrogen-bond acceptors (Lipinski definition) is 2. The molecule has 0 aromatic carbocycles. The fourth-order valence-electron chi connectivity index (χ4n) is 1.33. The molecule has 3 heteroatoms. The Kier molecular flexibility index (Phi) is 4.96. The number of rotatable bonds is 6. The normalized spacial score (nSPS) is 17.1. The number of allylic oxidation sites excluding steroid dienone is 3. The summed E-state index contributed by atoms with van der Waals surface area (Å²) in [5.41, 5.74) is 1.91. The standard InChI is InChI=1S/C13H20N2O/c1-3-11(5-4-10(2)8-9-14)13(16)15-12-6-7-12/h4-5,9,12,14H,3,6-8H2,1-2H3,(H,15,16)/b10-4+,11-5+,14-9?. The van der Waals surface area contributed by atoms with Gasteiger partial charge in [-0.05, 0) is 32.4 Å². The van der Waals surface area contributed by atoms with Gasteiger partial charge in [-0.15, -0.1) is 0 Å². The quantitative estimate of drug-likeness (QED) is 0.403. The topological polar surface area (TPSA) is 53.0 Å². The number of nitrogens with one attached hydrogen (secondary N) is 2. The van der Waals surface area contributed by atoms with E-state index in [1.165, 1.54) is 6.21 Å². The lowest BCUT2D eigenvalue weighted by atomic mass is 10.1. The fraction of sp³-hybridized carbons (Fsp3) is 0.538. The molecule has 1 saturated carbocycles. The Morgan fingerprint density at radius 3 is 2.62 bits per heavy atom. The van der Waals surface area contributed by atoms with E-state index in [4.69, 9.17) is 5.41 Å². The molecule has 0 heterocycles. The van der Waals surface area contributed by atoms with Crippen molar-refractivity contribution in [3.63, 3.8) is 0 Å². The summed E-state index contributed by atoms with van der Waals surface area (Å²) < 4.78 is 0. The molecule has 0 unspecified atom stereocenters. The Labute approximate surface area is 97.1 Å². The molecular weight excluding hydrogens is 200 g/mol. The molecule has 0 atom stereocenters. The van der Waals surface area contributed by atoms with Crippen LogP contribution in [0.4, 0.5) is 0 Å². The first kappa shape index (κ1) is 12.7. The molecule has 1 rings (SSSR count). The molecule has 88 valence electrons. The highest BCUT2D eigenvalue weighted by molar-refractivity contribution is 5.94. The average Bonchev–Trinajstić information content (AvgIpc) is 3.03. The number of amides is 1. The zero-order valence-electron chi connectivity index (χ0n) is 10.0. The molecule has 0 aromatic rings. The van der Waals surface area contributed by atoms with Crippen molar-refractivity contribution in [1.29, 1.82) is 5.41 Å². The summed E-state index contributed by atoms with van der Waals surface area (Å²) in [7, 11) is 0. The van der Waals surface area contributed by atoms with Crippen molar-refractivity contribution in [3.8, 4) is 0 Å². The largest absolute Gasteiger partial charge is 0.350 e. The summed E-state index contributed by atoms with van der Waals surface area (Å²) in [6, 6.07) is 0.411. The summed E-state index contributed by atoms with van der Waals surface area (Å²) in [5.74, 6) is 0.0592. The third kappa shape index (κ3) is 4.43. The Bertz CT molecular complexity index is 325. The molecule has 2 N–H and O–H groups in total. The van der Waals surface area contributed by atoms with Crippen LogP contribution in [0.1, 0.15) is 39.5 Å². The van der Waals surface area contributed by atoms with Gasteiger partial charge >= 0.3 is 0 Å². The highest BCUT2D eigenvalue weighted by atomic mass is 16.1. The summed E-state index contributed by atoms with van der Waals surface area (Å²) in [6.45, 7) is 3.95. The van der Waals surface area contributed by atoms with Gasteiger partial charge in [0.15, 0.2) is 0 Å². The van der Waals surface area contributed by atoms with Crippen LogP contribution in [0.5, 0.6) is 0 Å². The SMILES string of the molecule is CC/C(=C\C=C(/C)CC=N)C(=O)NC1CC1. The van der Waals surface area contributed by atoms with Gasteiger partial charge in [-0.25, -0.2) is 0 Å². The fourth-order valence-corrected chi connectivity index (χ4v) is 1.33. The van der Waals surface area contributed by atoms with Crippen LogP contribution in [0.15, 0.2) is 23.3 Å². The lowest BCUT2D eigenvalue weighted by Crippen LogP contribution is -2.26. The van der Waals surface area contributed by atoms with Crippen molar-refractivity contribution < 1.29 is 4.79 Å². The Morgan fingerprint density at radius 1 is 1.44 bits per heavy atom. The van der Waals surface area contributed by atoms with Crippen LogP contribution in [-0.2, 0) is 4.79 Å². The average molecular weight is 220 g/mol. The molecule has 1 amide bonds.